The van der Waals surface area contributed by atoms with Gasteiger partial charge in [-0.25, -0.2) is 9.59 Å². The van der Waals surface area contributed by atoms with E-state index in [2.05, 4.69) is 4.98 Å². The predicted octanol–water partition coefficient (Wildman–Crippen LogP) is 7.15. The monoisotopic (exact) mass is 554 g/mol. The van der Waals surface area contributed by atoms with E-state index < -0.39 is 17.2 Å². The summed E-state index contributed by atoms with van der Waals surface area (Å²) in [6.07, 6.45) is 4.24. The molecule has 0 atom stereocenters. The number of Topliss-reactive ketones (excluding diaryl/α,β-unsaturated/α-hetero) is 1. The second-order valence-corrected chi connectivity index (χ2v) is 12.2. The smallest absolute Gasteiger partial charge is 0.410 e. The van der Waals surface area contributed by atoms with Gasteiger partial charge in [0.05, 0.1) is 5.56 Å². The highest BCUT2D eigenvalue weighted by atomic mass is 16.6. The van der Waals surface area contributed by atoms with E-state index in [1.807, 2.05) is 84.0 Å². The average molecular weight is 555 g/mol. The molecule has 0 radical (unpaired) electrons. The zero-order chi connectivity index (χ0) is 29.8. The molecule has 0 fully saturated rings. The number of esters is 1. The highest BCUT2D eigenvalue weighted by Crippen LogP contribution is 2.30. The first-order valence-corrected chi connectivity index (χ1v) is 13.9. The maximum atomic E-state index is 13.5. The van der Waals surface area contributed by atoms with Crippen LogP contribution < -0.4 is 0 Å². The molecule has 214 valence electrons. The number of benzene rings is 2. The zero-order valence-corrected chi connectivity index (χ0v) is 24.7. The van der Waals surface area contributed by atoms with Crippen molar-refractivity contribution in [3.05, 3.63) is 95.3 Å². The van der Waals surface area contributed by atoms with Crippen molar-refractivity contribution in [2.45, 2.75) is 65.6 Å². The fourth-order valence-electron chi connectivity index (χ4n) is 4.49. The van der Waals surface area contributed by atoms with Crippen LogP contribution in [0.25, 0.3) is 16.7 Å². The van der Waals surface area contributed by atoms with Crippen molar-refractivity contribution in [3.63, 3.8) is 0 Å². The van der Waals surface area contributed by atoms with Crippen LogP contribution in [0, 0.1) is 0 Å². The largest absolute Gasteiger partial charge is 0.456 e. The number of ether oxygens (including phenoxy) is 2. The molecule has 1 aliphatic rings. The number of ketones is 1. The lowest BCUT2D eigenvalue weighted by Gasteiger charge is -2.29. The van der Waals surface area contributed by atoms with E-state index in [0.717, 1.165) is 27.8 Å². The lowest BCUT2D eigenvalue weighted by atomic mass is 9.93. The third kappa shape index (κ3) is 8.13. The van der Waals surface area contributed by atoms with E-state index in [-0.39, 0.29) is 18.3 Å². The quantitative estimate of drug-likeness (QED) is 0.238. The van der Waals surface area contributed by atoms with Crippen molar-refractivity contribution in [2.24, 2.45) is 0 Å². The number of pyridine rings is 1. The van der Waals surface area contributed by atoms with E-state index in [1.54, 1.807) is 35.4 Å². The molecule has 0 bridgehead atoms. The normalized spacial score (nSPS) is 13.8. The van der Waals surface area contributed by atoms with Gasteiger partial charge in [-0.1, -0.05) is 48.5 Å². The van der Waals surface area contributed by atoms with Crippen LogP contribution in [0.5, 0.6) is 0 Å². The second-order valence-electron chi connectivity index (χ2n) is 12.2. The Morgan fingerprint density at radius 2 is 1.51 bits per heavy atom. The molecule has 1 aromatic heterocycles. The van der Waals surface area contributed by atoms with E-state index in [0.29, 0.717) is 30.8 Å². The molecule has 4 rings (SSSR count). The summed E-state index contributed by atoms with van der Waals surface area (Å²) in [7, 11) is 0. The Labute approximate surface area is 242 Å². The minimum Gasteiger partial charge on any atom is -0.456 e. The molecule has 0 saturated heterocycles. The third-order valence-electron chi connectivity index (χ3n) is 6.42. The van der Waals surface area contributed by atoms with Crippen LogP contribution in [0.4, 0.5) is 4.79 Å². The summed E-state index contributed by atoms with van der Waals surface area (Å²) in [5.41, 5.74) is 4.14. The van der Waals surface area contributed by atoms with E-state index in [1.165, 1.54) is 0 Å². The second kappa shape index (κ2) is 12.1. The van der Waals surface area contributed by atoms with Gasteiger partial charge in [-0.2, -0.15) is 0 Å². The Morgan fingerprint density at radius 1 is 0.854 bits per heavy atom. The fraction of sp³-hybridized carbons (Fsp3) is 0.353. The summed E-state index contributed by atoms with van der Waals surface area (Å²) >= 11 is 0. The standard InChI is InChI=1S/C34H38N2O5/c1-33(2,3)40-31(38)26-14-12-23(13-15-26)20-29(37)30-28(25-10-8-7-9-11-25)21-27(22-35-30)24-16-18-36(19-17-24)32(39)41-34(4,5)6/h7-16,21-22H,17-20H2,1-6H3. The van der Waals surface area contributed by atoms with Gasteiger partial charge >= 0.3 is 12.1 Å². The minimum absolute atomic E-state index is 0.117. The van der Waals surface area contributed by atoms with Gasteiger partial charge in [0.1, 0.15) is 16.9 Å². The van der Waals surface area contributed by atoms with Gasteiger partial charge in [0.2, 0.25) is 0 Å². The maximum Gasteiger partial charge on any atom is 0.410 e. The van der Waals surface area contributed by atoms with E-state index in [9.17, 15) is 14.4 Å². The first kappa shape index (κ1) is 29.7. The Balaban J connectivity index is 1.55. The van der Waals surface area contributed by atoms with Crippen LogP contribution in [0.3, 0.4) is 0 Å². The molecular weight excluding hydrogens is 516 g/mol. The number of hydrogen-bond acceptors (Lipinski definition) is 6. The molecule has 0 saturated carbocycles. The first-order chi connectivity index (χ1) is 19.3. The molecular formula is C34H38N2O5. The molecule has 0 unspecified atom stereocenters. The van der Waals surface area contributed by atoms with Crippen LogP contribution in [-0.4, -0.2) is 52.0 Å². The summed E-state index contributed by atoms with van der Waals surface area (Å²) in [4.78, 5) is 44.7. The Hall–Kier alpha value is -4.26. The van der Waals surface area contributed by atoms with Crippen molar-refractivity contribution in [1.82, 2.24) is 9.88 Å². The summed E-state index contributed by atoms with van der Waals surface area (Å²) in [5.74, 6) is -0.514. The van der Waals surface area contributed by atoms with Gasteiger partial charge in [0, 0.05) is 31.3 Å². The Morgan fingerprint density at radius 3 is 2.10 bits per heavy atom. The van der Waals surface area contributed by atoms with Gasteiger partial charge in [-0.15, -0.1) is 0 Å². The number of aromatic nitrogens is 1. The summed E-state index contributed by atoms with van der Waals surface area (Å²) < 4.78 is 10.9. The Bertz CT molecular complexity index is 1450. The van der Waals surface area contributed by atoms with Gasteiger partial charge in [-0.05, 0) is 88.4 Å². The average Bonchev–Trinajstić information content (AvgIpc) is 2.92. The molecule has 2 aromatic carbocycles. The number of rotatable bonds is 6. The van der Waals surface area contributed by atoms with Gasteiger partial charge in [0.15, 0.2) is 5.78 Å². The van der Waals surface area contributed by atoms with Crippen molar-refractivity contribution in [1.29, 1.82) is 0 Å². The van der Waals surface area contributed by atoms with Gasteiger partial charge in [0.25, 0.3) is 0 Å². The molecule has 1 amide bonds. The molecule has 0 N–H and O–H groups in total. The van der Waals surface area contributed by atoms with Gasteiger partial charge in [-0.3, -0.25) is 9.78 Å². The van der Waals surface area contributed by atoms with E-state index in [4.69, 9.17) is 9.47 Å². The van der Waals surface area contributed by atoms with Gasteiger partial charge < -0.3 is 14.4 Å². The predicted molar refractivity (Wildman–Crippen MR) is 160 cm³/mol. The molecule has 7 nitrogen and oxygen atoms in total. The number of nitrogens with zero attached hydrogens (tertiary/aromatic N) is 2. The molecule has 3 aromatic rings. The third-order valence-corrected chi connectivity index (χ3v) is 6.42. The van der Waals surface area contributed by atoms with Crippen molar-refractivity contribution in [3.8, 4) is 11.1 Å². The van der Waals surface area contributed by atoms with Crippen LogP contribution in [0.1, 0.15) is 79.9 Å². The molecule has 41 heavy (non-hydrogen) atoms. The number of carbonyl (C=O) groups is 3. The van der Waals surface area contributed by atoms with Crippen LogP contribution in [0.15, 0.2) is 72.9 Å². The SMILES string of the molecule is CC(C)(C)OC(=O)c1ccc(CC(=O)c2ncc(C3=CCN(C(=O)OC(C)(C)C)CC3)cc2-c2ccccc2)cc1. The fourth-order valence-corrected chi connectivity index (χ4v) is 4.49. The molecule has 0 aliphatic carbocycles. The summed E-state index contributed by atoms with van der Waals surface area (Å²) in [6.45, 7) is 12.0. The van der Waals surface area contributed by atoms with E-state index >= 15 is 0 Å². The topological polar surface area (TPSA) is 85.8 Å². The van der Waals surface area contributed by atoms with Crippen LogP contribution in [0.2, 0.25) is 0 Å². The minimum atomic E-state index is -0.581. The maximum absolute atomic E-state index is 13.5. The number of hydrogen-bond donors (Lipinski definition) is 0. The Kier molecular flexibility index (Phi) is 8.76. The molecule has 2 heterocycles. The van der Waals surface area contributed by atoms with Crippen LogP contribution in [-0.2, 0) is 15.9 Å². The first-order valence-electron chi connectivity index (χ1n) is 13.9. The highest BCUT2D eigenvalue weighted by molar-refractivity contribution is 6.02. The summed E-state index contributed by atoms with van der Waals surface area (Å²) in [5, 5.41) is 0. The lowest BCUT2D eigenvalue weighted by molar-refractivity contribution is 0.00688. The number of amides is 1. The van der Waals surface area contributed by atoms with Crippen molar-refractivity contribution < 1.29 is 23.9 Å². The number of carbonyl (C=O) groups excluding carboxylic acids is 3. The molecule has 1 aliphatic heterocycles. The van der Waals surface area contributed by atoms with Crippen molar-refractivity contribution >= 4 is 23.4 Å². The summed E-state index contributed by atoms with van der Waals surface area (Å²) in [6, 6.07) is 18.7. The molecule has 7 heteroatoms. The van der Waals surface area contributed by atoms with Crippen LogP contribution >= 0.6 is 0 Å². The molecule has 0 spiro atoms. The lowest BCUT2D eigenvalue weighted by Crippen LogP contribution is -2.39. The van der Waals surface area contributed by atoms with Crippen molar-refractivity contribution in [2.75, 3.05) is 13.1 Å². The highest BCUT2D eigenvalue weighted by Gasteiger charge is 2.25. The zero-order valence-electron chi connectivity index (χ0n) is 24.7.